The first kappa shape index (κ1) is 16.1. The van der Waals surface area contributed by atoms with E-state index < -0.39 is 0 Å². The smallest absolute Gasteiger partial charge is 0.255 e. The predicted molar refractivity (Wildman–Crippen MR) is 95.7 cm³/mol. The Hall–Kier alpha value is -2.82. The van der Waals surface area contributed by atoms with Gasteiger partial charge < -0.3 is 14.6 Å². The van der Waals surface area contributed by atoms with Crippen molar-refractivity contribution in [2.24, 2.45) is 7.05 Å². The molecule has 3 rings (SSSR count). The average Bonchev–Trinajstić information content (AvgIpc) is 2.92. The number of anilines is 1. The Balaban J connectivity index is 1.80. The molecular formula is C19H21N3O2. The number of benzene rings is 2. The van der Waals surface area contributed by atoms with Crippen LogP contribution in [0.15, 0.2) is 42.5 Å². The molecule has 0 saturated carbocycles. The number of imidazole rings is 1. The van der Waals surface area contributed by atoms with Crippen LogP contribution in [0.2, 0.25) is 0 Å². The van der Waals surface area contributed by atoms with Crippen LogP contribution in [0.3, 0.4) is 0 Å². The lowest BCUT2D eigenvalue weighted by atomic mass is 10.2. The van der Waals surface area contributed by atoms with Gasteiger partial charge >= 0.3 is 0 Å². The number of aryl methyl sites for hydroxylation is 2. The quantitative estimate of drug-likeness (QED) is 0.777. The van der Waals surface area contributed by atoms with Crippen molar-refractivity contribution in [2.75, 3.05) is 11.9 Å². The maximum atomic E-state index is 12.5. The Kier molecular flexibility index (Phi) is 4.51. The number of hydrogen-bond acceptors (Lipinski definition) is 3. The number of ether oxygens (including phenoxy) is 1. The van der Waals surface area contributed by atoms with Crippen LogP contribution in [0, 0.1) is 0 Å². The maximum Gasteiger partial charge on any atom is 0.255 e. The molecule has 0 spiro atoms. The number of hydrogen-bond donors (Lipinski definition) is 1. The van der Waals surface area contributed by atoms with Gasteiger partial charge in [-0.2, -0.15) is 0 Å². The summed E-state index contributed by atoms with van der Waals surface area (Å²) in [6.45, 7) is 4.63. The highest BCUT2D eigenvalue weighted by molar-refractivity contribution is 6.06. The summed E-state index contributed by atoms with van der Waals surface area (Å²) in [5.41, 5.74) is 3.20. The third-order valence-corrected chi connectivity index (χ3v) is 3.98. The number of amides is 1. The van der Waals surface area contributed by atoms with E-state index in [1.54, 1.807) is 0 Å². The van der Waals surface area contributed by atoms with Crippen molar-refractivity contribution < 1.29 is 9.53 Å². The van der Waals surface area contributed by atoms with E-state index in [-0.39, 0.29) is 5.91 Å². The van der Waals surface area contributed by atoms with E-state index in [0.717, 1.165) is 34.7 Å². The Morgan fingerprint density at radius 1 is 1.17 bits per heavy atom. The molecule has 0 atom stereocenters. The van der Waals surface area contributed by atoms with Gasteiger partial charge in [0.15, 0.2) is 0 Å². The molecule has 0 saturated heterocycles. The summed E-state index contributed by atoms with van der Waals surface area (Å²) in [7, 11) is 1.99. The van der Waals surface area contributed by atoms with Crippen molar-refractivity contribution in [3.05, 3.63) is 53.9 Å². The third kappa shape index (κ3) is 3.11. The Morgan fingerprint density at radius 2 is 1.92 bits per heavy atom. The highest BCUT2D eigenvalue weighted by atomic mass is 16.5. The highest BCUT2D eigenvalue weighted by Crippen LogP contribution is 2.19. The van der Waals surface area contributed by atoms with E-state index in [0.29, 0.717) is 12.2 Å². The molecule has 124 valence electrons. The van der Waals surface area contributed by atoms with E-state index in [2.05, 4.69) is 21.8 Å². The minimum absolute atomic E-state index is 0.148. The highest BCUT2D eigenvalue weighted by Gasteiger charge is 2.11. The van der Waals surface area contributed by atoms with Gasteiger partial charge in [0.1, 0.15) is 11.6 Å². The molecule has 5 nitrogen and oxygen atoms in total. The number of aromatic nitrogens is 2. The van der Waals surface area contributed by atoms with Crippen molar-refractivity contribution >= 4 is 22.6 Å². The first-order valence-corrected chi connectivity index (χ1v) is 8.12. The number of nitrogens with zero attached hydrogens (tertiary/aromatic N) is 2. The van der Waals surface area contributed by atoms with E-state index >= 15 is 0 Å². The molecule has 1 amide bonds. The number of fused-ring (bicyclic) bond motifs is 1. The second-order valence-electron chi connectivity index (χ2n) is 5.56. The summed E-state index contributed by atoms with van der Waals surface area (Å²) in [6.07, 6.45) is 0.860. The fraction of sp³-hybridized carbons (Fsp3) is 0.263. The van der Waals surface area contributed by atoms with E-state index in [1.165, 1.54) is 0 Å². The molecule has 0 radical (unpaired) electrons. The lowest BCUT2D eigenvalue weighted by Gasteiger charge is -2.07. The van der Waals surface area contributed by atoms with Gasteiger partial charge in [-0.25, -0.2) is 4.98 Å². The maximum absolute atomic E-state index is 12.5. The zero-order valence-electron chi connectivity index (χ0n) is 14.2. The van der Waals surface area contributed by atoms with Crippen molar-refractivity contribution in [3.8, 4) is 5.75 Å². The molecule has 1 aromatic heterocycles. The summed E-state index contributed by atoms with van der Waals surface area (Å²) < 4.78 is 7.46. The first-order chi connectivity index (χ1) is 11.6. The van der Waals surface area contributed by atoms with Gasteiger partial charge in [0.25, 0.3) is 5.91 Å². The van der Waals surface area contributed by atoms with Gasteiger partial charge in [0, 0.05) is 24.7 Å². The normalized spacial score (nSPS) is 10.8. The molecule has 0 unspecified atom stereocenters. The van der Waals surface area contributed by atoms with Gasteiger partial charge in [0.2, 0.25) is 0 Å². The van der Waals surface area contributed by atoms with Crippen LogP contribution < -0.4 is 10.1 Å². The Bertz CT molecular complexity index is 866. The molecule has 1 heterocycles. The van der Waals surface area contributed by atoms with Crippen LogP contribution >= 0.6 is 0 Å². The standard InChI is InChI=1S/C19H21N3O2/c1-4-18-21-16-12-13(6-11-17(16)22(18)3)19(23)20-14-7-9-15(10-8-14)24-5-2/h6-12H,4-5H2,1-3H3,(H,20,23). The van der Waals surface area contributed by atoms with Crippen molar-refractivity contribution in [3.63, 3.8) is 0 Å². The van der Waals surface area contributed by atoms with Crippen LogP contribution in [-0.2, 0) is 13.5 Å². The zero-order chi connectivity index (χ0) is 17.1. The first-order valence-electron chi connectivity index (χ1n) is 8.12. The zero-order valence-corrected chi connectivity index (χ0v) is 14.2. The minimum atomic E-state index is -0.148. The monoisotopic (exact) mass is 323 g/mol. The van der Waals surface area contributed by atoms with Crippen LogP contribution in [-0.4, -0.2) is 22.1 Å². The number of carbonyl (C=O) groups is 1. The van der Waals surface area contributed by atoms with E-state index in [9.17, 15) is 4.79 Å². The lowest BCUT2D eigenvalue weighted by Crippen LogP contribution is -2.11. The molecule has 0 bridgehead atoms. The summed E-state index contributed by atoms with van der Waals surface area (Å²) in [4.78, 5) is 17.0. The Labute approximate surface area is 141 Å². The number of carbonyl (C=O) groups excluding carboxylic acids is 1. The van der Waals surface area contributed by atoms with Crippen LogP contribution in [0.4, 0.5) is 5.69 Å². The fourth-order valence-electron chi connectivity index (χ4n) is 2.71. The molecule has 5 heteroatoms. The number of nitrogens with one attached hydrogen (secondary N) is 1. The number of rotatable bonds is 5. The Morgan fingerprint density at radius 3 is 2.58 bits per heavy atom. The summed E-state index contributed by atoms with van der Waals surface area (Å²) in [5.74, 6) is 1.65. The van der Waals surface area contributed by atoms with Gasteiger partial charge in [-0.15, -0.1) is 0 Å². The molecule has 0 aliphatic rings. The largest absolute Gasteiger partial charge is 0.494 e. The van der Waals surface area contributed by atoms with Crippen LogP contribution in [0.1, 0.15) is 30.0 Å². The van der Waals surface area contributed by atoms with E-state index in [1.807, 2.05) is 56.4 Å². The van der Waals surface area contributed by atoms with Crippen molar-refractivity contribution in [1.82, 2.24) is 9.55 Å². The van der Waals surface area contributed by atoms with Gasteiger partial charge in [-0.1, -0.05) is 6.92 Å². The van der Waals surface area contributed by atoms with Gasteiger partial charge in [-0.05, 0) is 49.4 Å². The minimum Gasteiger partial charge on any atom is -0.494 e. The fourth-order valence-corrected chi connectivity index (χ4v) is 2.71. The van der Waals surface area contributed by atoms with Crippen LogP contribution in [0.5, 0.6) is 5.75 Å². The molecule has 2 aromatic carbocycles. The summed E-state index contributed by atoms with van der Waals surface area (Å²) in [5, 5.41) is 2.90. The summed E-state index contributed by atoms with van der Waals surface area (Å²) in [6, 6.07) is 12.9. The topological polar surface area (TPSA) is 56.1 Å². The molecule has 0 fully saturated rings. The third-order valence-electron chi connectivity index (χ3n) is 3.98. The average molecular weight is 323 g/mol. The van der Waals surface area contributed by atoms with Crippen molar-refractivity contribution in [2.45, 2.75) is 20.3 Å². The van der Waals surface area contributed by atoms with Gasteiger partial charge in [-0.3, -0.25) is 4.79 Å². The second kappa shape index (κ2) is 6.74. The lowest BCUT2D eigenvalue weighted by molar-refractivity contribution is 0.102. The SMILES string of the molecule is CCOc1ccc(NC(=O)c2ccc3c(c2)nc(CC)n3C)cc1. The van der Waals surface area contributed by atoms with Gasteiger partial charge in [0.05, 0.1) is 17.6 Å². The molecule has 24 heavy (non-hydrogen) atoms. The summed E-state index contributed by atoms with van der Waals surface area (Å²) >= 11 is 0. The molecular weight excluding hydrogens is 302 g/mol. The predicted octanol–water partition coefficient (Wildman–Crippen LogP) is 3.79. The molecule has 1 N–H and O–H groups in total. The molecule has 0 aliphatic heterocycles. The molecule has 0 aliphatic carbocycles. The molecule has 3 aromatic rings. The second-order valence-corrected chi connectivity index (χ2v) is 5.56. The van der Waals surface area contributed by atoms with E-state index in [4.69, 9.17) is 4.74 Å². The van der Waals surface area contributed by atoms with Crippen molar-refractivity contribution in [1.29, 1.82) is 0 Å². The van der Waals surface area contributed by atoms with Crippen LogP contribution in [0.25, 0.3) is 11.0 Å².